The smallest absolute Gasteiger partial charge is 0.0549 e. The molecule has 2 nitrogen and oxygen atoms in total. The van der Waals surface area contributed by atoms with Gasteiger partial charge < -0.3 is 9.13 Å². The van der Waals surface area contributed by atoms with Crippen molar-refractivity contribution < 1.29 is 0 Å². The van der Waals surface area contributed by atoms with Crippen molar-refractivity contribution in [2.75, 3.05) is 0 Å². The highest BCUT2D eigenvalue weighted by molar-refractivity contribution is 6.29. The summed E-state index contributed by atoms with van der Waals surface area (Å²) in [5.41, 5.74) is 14.4. The first kappa shape index (κ1) is 28.4. The van der Waals surface area contributed by atoms with E-state index < -0.39 is 0 Å². The van der Waals surface area contributed by atoms with Crippen molar-refractivity contribution in [1.82, 2.24) is 9.13 Å². The first-order chi connectivity index (χ1) is 24.8. The molecule has 2 heteroatoms. The maximum absolute atomic E-state index is 2.49. The van der Waals surface area contributed by atoms with Crippen LogP contribution in [0, 0.1) is 0 Å². The quantitative estimate of drug-likeness (QED) is 0.178. The van der Waals surface area contributed by atoms with Crippen molar-refractivity contribution in [3.63, 3.8) is 0 Å². The topological polar surface area (TPSA) is 9.86 Å². The van der Waals surface area contributed by atoms with Crippen LogP contribution in [0.1, 0.15) is 0 Å². The molecule has 50 heavy (non-hydrogen) atoms. The predicted molar refractivity (Wildman–Crippen MR) is 211 cm³/mol. The van der Waals surface area contributed by atoms with Gasteiger partial charge in [0.1, 0.15) is 0 Å². The lowest BCUT2D eigenvalue weighted by Gasteiger charge is -2.16. The summed E-state index contributed by atoms with van der Waals surface area (Å²) in [5, 5.41) is 5.06. The fraction of sp³-hybridized carbons (Fsp3) is 0. The minimum absolute atomic E-state index is 1.15. The monoisotopic (exact) mass is 636 g/mol. The van der Waals surface area contributed by atoms with Crippen molar-refractivity contribution in [1.29, 1.82) is 0 Å². The second kappa shape index (κ2) is 11.5. The van der Waals surface area contributed by atoms with Gasteiger partial charge in [0.15, 0.2) is 0 Å². The molecular formula is C48H32N2. The molecule has 234 valence electrons. The Balaban J connectivity index is 1.28. The van der Waals surface area contributed by atoms with E-state index in [4.69, 9.17) is 0 Å². The summed E-state index contributed by atoms with van der Waals surface area (Å²) in [7, 11) is 0. The standard InChI is InChI=1S/C48H32N2/c1-4-14-33(15-5-1)35-24-27-38(28-25-35)49-42-22-12-10-20-40(42)47-44(49)30-31-45-48(47)41-21-11-13-23-43(41)50(45)46-32-37(34-16-6-2-7-17-34)26-29-39(46)36-18-8-3-9-19-36/h1-32H. The number of fused-ring (bicyclic) bond motifs is 7. The van der Waals surface area contributed by atoms with Gasteiger partial charge in [-0.2, -0.15) is 0 Å². The van der Waals surface area contributed by atoms with Gasteiger partial charge in [-0.1, -0.05) is 152 Å². The second-order valence-electron chi connectivity index (χ2n) is 12.9. The van der Waals surface area contributed by atoms with Gasteiger partial charge in [-0.3, -0.25) is 0 Å². The van der Waals surface area contributed by atoms with E-state index in [-0.39, 0.29) is 0 Å². The first-order valence-electron chi connectivity index (χ1n) is 17.2. The van der Waals surface area contributed by atoms with Crippen molar-refractivity contribution in [3.05, 3.63) is 194 Å². The Bertz CT molecular complexity index is 2820. The van der Waals surface area contributed by atoms with Gasteiger partial charge in [0, 0.05) is 32.8 Å². The molecule has 2 heterocycles. The summed E-state index contributed by atoms with van der Waals surface area (Å²) in [6.07, 6.45) is 0. The van der Waals surface area contributed by atoms with Crippen molar-refractivity contribution >= 4 is 43.6 Å². The number of rotatable bonds is 5. The van der Waals surface area contributed by atoms with Gasteiger partial charge in [0.25, 0.3) is 0 Å². The van der Waals surface area contributed by atoms with Crippen LogP contribution in [0.2, 0.25) is 0 Å². The van der Waals surface area contributed by atoms with Gasteiger partial charge in [-0.25, -0.2) is 0 Å². The minimum atomic E-state index is 1.15. The van der Waals surface area contributed by atoms with E-state index in [0.717, 1.165) is 5.69 Å². The third kappa shape index (κ3) is 4.43. The molecule has 0 aliphatic rings. The normalized spacial score (nSPS) is 11.6. The van der Waals surface area contributed by atoms with Crippen LogP contribution in [0.25, 0.3) is 88.4 Å². The summed E-state index contributed by atoms with van der Waals surface area (Å²) < 4.78 is 4.91. The molecular weight excluding hydrogens is 605 g/mol. The average molecular weight is 637 g/mol. The van der Waals surface area contributed by atoms with Crippen LogP contribution in [0.3, 0.4) is 0 Å². The highest BCUT2D eigenvalue weighted by Gasteiger charge is 2.22. The van der Waals surface area contributed by atoms with Crippen molar-refractivity contribution in [2.24, 2.45) is 0 Å². The second-order valence-corrected chi connectivity index (χ2v) is 12.9. The maximum atomic E-state index is 2.49. The fourth-order valence-corrected chi connectivity index (χ4v) is 7.88. The minimum Gasteiger partial charge on any atom is -0.309 e. The van der Waals surface area contributed by atoms with E-state index in [0.29, 0.717) is 0 Å². The first-order valence-corrected chi connectivity index (χ1v) is 17.2. The lowest BCUT2D eigenvalue weighted by atomic mass is 9.98. The molecule has 0 fully saturated rings. The molecule has 0 N–H and O–H groups in total. The summed E-state index contributed by atoms with van der Waals surface area (Å²) >= 11 is 0. The molecule has 0 unspecified atom stereocenters. The largest absolute Gasteiger partial charge is 0.309 e. The number of para-hydroxylation sites is 2. The molecule has 0 saturated carbocycles. The molecule has 0 amide bonds. The summed E-state index contributed by atoms with van der Waals surface area (Å²) in [5.74, 6) is 0. The Labute approximate surface area is 290 Å². The molecule has 2 aromatic heterocycles. The van der Waals surface area contributed by atoms with Crippen LogP contribution in [-0.2, 0) is 0 Å². The van der Waals surface area contributed by atoms with E-state index in [9.17, 15) is 0 Å². The van der Waals surface area contributed by atoms with E-state index >= 15 is 0 Å². The molecule has 0 aliphatic carbocycles. The molecule has 0 atom stereocenters. The number of benzene rings is 8. The Kier molecular flexibility index (Phi) is 6.53. The van der Waals surface area contributed by atoms with Gasteiger partial charge in [0.2, 0.25) is 0 Å². The highest BCUT2D eigenvalue weighted by atomic mass is 15.0. The zero-order valence-corrected chi connectivity index (χ0v) is 27.4. The van der Waals surface area contributed by atoms with Crippen molar-refractivity contribution in [2.45, 2.75) is 0 Å². The summed E-state index contributed by atoms with van der Waals surface area (Å²) in [6.45, 7) is 0. The van der Waals surface area contributed by atoms with Gasteiger partial charge in [0.05, 0.1) is 27.8 Å². The SMILES string of the molecule is c1ccc(-c2ccc(-n3c4ccccc4c4c5c6ccccc6n(-c6cc(-c7ccccc7)ccc6-c6ccccc6)c5ccc43)cc2)cc1. The van der Waals surface area contributed by atoms with Crippen LogP contribution in [0.4, 0.5) is 0 Å². The number of hydrogen-bond donors (Lipinski definition) is 0. The Hall–Kier alpha value is -6.64. The van der Waals surface area contributed by atoms with Gasteiger partial charge in [-0.15, -0.1) is 0 Å². The molecule has 0 aliphatic heterocycles. The van der Waals surface area contributed by atoms with E-state index in [1.54, 1.807) is 0 Å². The maximum Gasteiger partial charge on any atom is 0.0549 e. The molecule has 8 aromatic carbocycles. The molecule has 10 aromatic rings. The number of nitrogens with zero attached hydrogens (tertiary/aromatic N) is 2. The lowest BCUT2D eigenvalue weighted by Crippen LogP contribution is -1.98. The van der Waals surface area contributed by atoms with Crippen LogP contribution in [0.15, 0.2) is 194 Å². The Morgan fingerprint density at radius 3 is 1.32 bits per heavy atom. The van der Waals surface area contributed by atoms with Crippen LogP contribution in [0.5, 0.6) is 0 Å². The van der Waals surface area contributed by atoms with E-state index in [1.165, 1.54) is 82.7 Å². The summed E-state index contributed by atoms with van der Waals surface area (Å²) in [6, 6.07) is 70.3. The van der Waals surface area contributed by atoms with Crippen molar-refractivity contribution in [3.8, 4) is 44.8 Å². The number of hydrogen-bond acceptors (Lipinski definition) is 0. The molecule has 0 saturated heterocycles. The molecule has 0 spiro atoms. The fourth-order valence-electron chi connectivity index (χ4n) is 7.88. The van der Waals surface area contributed by atoms with Gasteiger partial charge in [-0.05, 0) is 70.3 Å². The van der Waals surface area contributed by atoms with Crippen LogP contribution < -0.4 is 0 Å². The predicted octanol–water partition coefficient (Wildman–Crippen LogP) is 12.9. The highest BCUT2D eigenvalue weighted by Crippen LogP contribution is 2.44. The van der Waals surface area contributed by atoms with E-state index in [1.807, 2.05) is 0 Å². The van der Waals surface area contributed by atoms with Crippen LogP contribution in [-0.4, -0.2) is 9.13 Å². The Morgan fingerprint density at radius 2 is 0.720 bits per heavy atom. The molecule has 0 bridgehead atoms. The summed E-state index contributed by atoms with van der Waals surface area (Å²) in [4.78, 5) is 0. The zero-order valence-electron chi connectivity index (χ0n) is 27.4. The zero-order chi connectivity index (χ0) is 33.0. The third-order valence-electron chi connectivity index (χ3n) is 10.1. The lowest BCUT2D eigenvalue weighted by molar-refractivity contribution is 1.17. The molecule has 0 radical (unpaired) electrons. The third-order valence-corrected chi connectivity index (χ3v) is 10.1. The average Bonchev–Trinajstić information content (AvgIpc) is 3.71. The molecule has 10 rings (SSSR count). The Morgan fingerprint density at radius 1 is 0.280 bits per heavy atom. The van der Waals surface area contributed by atoms with Gasteiger partial charge >= 0.3 is 0 Å². The number of aromatic nitrogens is 2. The van der Waals surface area contributed by atoms with E-state index in [2.05, 4.69) is 203 Å². The van der Waals surface area contributed by atoms with Crippen LogP contribution >= 0.6 is 0 Å².